The van der Waals surface area contributed by atoms with Crippen LogP contribution in [0, 0.1) is 5.82 Å². The maximum Gasteiger partial charge on any atom is 0.416 e. The number of alkyl halides is 3. The first-order valence-electron chi connectivity index (χ1n) is 9.38. The lowest BCUT2D eigenvalue weighted by molar-refractivity contribution is -0.137. The summed E-state index contributed by atoms with van der Waals surface area (Å²) in [7, 11) is 0. The van der Waals surface area contributed by atoms with Crippen molar-refractivity contribution in [2.45, 2.75) is 39.2 Å². The SMILES string of the molecule is CC(C)N(Cc1nccn1Cc1cccc(C(F)(F)F)c1)C(=O)c1ccc(F)cc1. The monoisotopic (exact) mass is 419 g/mol. The van der Waals surface area contributed by atoms with E-state index in [2.05, 4.69) is 4.98 Å². The molecule has 0 aliphatic carbocycles. The molecule has 0 aliphatic heterocycles. The highest BCUT2D eigenvalue weighted by atomic mass is 19.4. The summed E-state index contributed by atoms with van der Waals surface area (Å²) in [5.41, 5.74) is 0.114. The van der Waals surface area contributed by atoms with Gasteiger partial charge in [-0.3, -0.25) is 4.79 Å². The third kappa shape index (κ3) is 5.06. The van der Waals surface area contributed by atoms with Gasteiger partial charge < -0.3 is 9.47 Å². The van der Waals surface area contributed by atoms with Gasteiger partial charge in [-0.1, -0.05) is 12.1 Å². The number of halogens is 4. The molecule has 3 aromatic rings. The number of nitrogens with zero attached hydrogens (tertiary/aromatic N) is 3. The summed E-state index contributed by atoms with van der Waals surface area (Å²) in [5.74, 6) is -0.172. The van der Waals surface area contributed by atoms with Gasteiger partial charge in [0.05, 0.1) is 12.1 Å². The molecule has 1 aromatic heterocycles. The Labute approximate surface area is 171 Å². The number of hydrogen-bond acceptors (Lipinski definition) is 2. The largest absolute Gasteiger partial charge is 0.416 e. The Morgan fingerprint density at radius 2 is 1.83 bits per heavy atom. The normalized spacial score (nSPS) is 11.7. The highest BCUT2D eigenvalue weighted by molar-refractivity contribution is 5.94. The van der Waals surface area contributed by atoms with Gasteiger partial charge in [0.1, 0.15) is 11.6 Å². The third-order valence-corrected chi connectivity index (χ3v) is 4.70. The molecule has 0 radical (unpaired) electrons. The van der Waals surface area contributed by atoms with E-state index in [0.29, 0.717) is 17.0 Å². The van der Waals surface area contributed by atoms with Crippen LogP contribution in [0.15, 0.2) is 60.9 Å². The number of benzene rings is 2. The van der Waals surface area contributed by atoms with Crippen LogP contribution in [0.5, 0.6) is 0 Å². The predicted octanol–water partition coefficient (Wildman–Crippen LogP) is 5.14. The van der Waals surface area contributed by atoms with E-state index in [1.165, 1.54) is 30.3 Å². The number of rotatable bonds is 6. The molecule has 30 heavy (non-hydrogen) atoms. The standard InChI is InChI=1S/C22H21F4N3O/c1-15(2)29(21(30)17-6-8-19(23)9-7-17)14-20-27-10-11-28(20)13-16-4-3-5-18(12-16)22(24,25)26/h3-12,15H,13-14H2,1-2H3. The zero-order valence-electron chi connectivity index (χ0n) is 16.5. The fraction of sp³-hybridized carbons (Fsp3) is 0.273. The molecule has 2 aromatic carbocycles. The molecule has 0 saturated carbocycles. The summed E-state index contributed by atoms with van der Waals surface area (Å²) < 4.78 is 53.8. The molecule has 4 nitrogen and oxygen atoms in total. The average Bonchev–Trinajstić information content (AvgIpc) is 3.12. The van der Waals surface area contributed by atoms with E-state index in [1.807, 2.05) is 13.8 Å². The average molecular weight is 419 g/mol. The van der Waals surface area contributed by atoms with Crippen LogP contribution in [0.3, 0.4) is 0 Å². The van der Waals surface area contributed by atoms with E-state index in [-0.39, 0.29) is 25.0 Å². The highest BCUT2D eigenvalue weighted by Crippen LogP contribution is 2.29. The Kier molecular flexibility index (Phi) is 6.24. The minimum Gasteiger partial charge on any atom is -0.329 e. The van der Waals surface area contributed by atoms with Crippen molar-refractivity contribution in [3.8, 4) is 0 Å². The molecule has 0 bridgehead atoms. The Balaban J connectivity index is 1.81. The molecule has 8 heteroatoms. The van der Waals surface area contributed by atoms with Crippen molar-refractivity contribution in [2.24, 2.45) is 0 Å². The molecule has 1 heterocycles. The van der Waals surface area contributed by atoms with E-state index in [1.54, 1.807) is 27.9 Å². The van der Waals surface area contributed by atoms with Gasteiger partial charge in [-0.2, -0.15) is 13.2 Å². The second-order valence-corrected chi connectivity index (χ2v) is 7.20. The van der Waals surface area contributed by atoms with E-state index in [0.717, 1.165) is 12.1 Å². The molecule has 3 rings (SSSR count). The summed E-state index contributed by atoms with van der Waals surface area (Å²) >= 11 is 0. The van der Waals surface area contributed by atoms with Gasteiger partial charge in [0.15, 0.2) is 0 Å². The number of imidazole rings is 1. The lowest BCUT2D eigenvalue weighted by Gasteiger charge is -2.27. The van der Waals surface area contributed by atoms with Gasteiger partial charge in [-0.15, -0.1) is 0 Å². The van der Waals surface area contributed by atoms with Crippen molar-refractivity contribution in [3.63, 3.8) is 0 Å². The number of carbonyl (C=O) groups excluding carboxylic acids is 1. The first-order chi connectivity index (χ1) is 14.1. The molecule has 0 N–H and O–H groups in total. The molecule has 0 aliphatic rings. The smallest absolute Gasteiger partial charge is 0.329 e. The third-order valence-electron chi connectivity index (χ3n) is 4.70. The Morgan fingerprint density at radius 3 is 2.47 bits per heavy atom. The molecule has 0 fully saturated rings. The minimum atomic E-state index is -4.41. The Morgan fingerprint density at radius 1 is 1.13 bits per heavy atom. The molecule has 1 amide bonds. The second kappa shape index (κ2) is 8.69. The Bertz CT molecular complexity index is 1010. The van der Waals surface area contributed by atoms with Crippen LogP contribution in [0.4, 0.5) is 17.6 Å². The summed E-state index contributed by atoms with van der Waals surface area (Å²) in [4.78, 5) is 18.8. The topological polar surface area (TPSA) is 38.1 Å². The predicted molar refractivity (Wildman–Crippen MR) is 104 cm³/mol. The molecule has 0 atom stereocenters. The minimum absolute atomic E-state index is 0.165. The van der Waals surface area contributed by atoms with Crippen LogP contribution >= 0.6 is 0 Å². The number of carbonyl (C=O) groups is 1. The number of hydrogen-bond donors (Lipinski definition) is 0. The molecule has 0 unspecified atom stereocenters. The van der Waals surface area contributed by atoms with Crippen molar-refractivity contribution >= 4 is 5.91 Å². The zero-order chi connectivity index (χ0) is 21.9. The van der Waals surface area contributed by atoms with Crippen LogP contribution < -0.4 is 0 Å². The number of amides is 1. The lowest BCUT2D eigenvalue weighted by Crippen LogP contribution is -2.37. The first kappa shape index (κ1) is 21.5. The van der Waals surface area contributed by atoms with Gasteiger partial charge in [0.25, 0.3) is 5.91 Å². The highest BCUT2D eigenvalue weighted by Gasteiger charge is 2.30. The van der Waals surface area contributed by atoms with Crippen LogP contribution in [0.1, 0.15) is 41.2 Å². The second-order valence-electron chi connectivity index (χ2n) is 7.20. The van der Waals surface area contributed by atoms with E-state index < -0.39 is 17.6 Å². The van der Waals surface area contributed by atoms with Crippen molar-refractivity contribution in [3.05, 3.63) is 89.3 Å². The Hall–Kier alpha value is -3.16. The maximum absolute atomic E-state index is 13.2. The summed E-state index contributed by atoms with van der Waals surface area (Å²) in [6.45, 7) is 4.05. The van der Waals surface area contributed by atoms with Crippen molar-refractivity contribution in [2.75, 3.05) is 0 Å². The fourth-order valence-electron chi connectivity index (χ4n) is 3.08. The first-order valence-corrected chi connectivity index (χ1v) is 9.38. The molecule has 158 valence electrons. The van der Waals surface area contributed by atoms with Crippen LogP contribution in [0.25, 0.3) is 0 Å². The van der Waals surface area contributed by atoms with Gasteiger partial charge in [-0.25, -0.2) is 9.37 Å². The van der Waals surface area contributed by atoms with Crippen LogP contribution in [0.2, 0.25) is 0 Å². The van der Waals surface area contributed by atoms with E-state index in [9.17, 15) is 22.4 Å². The van der Waals surface area contributed by atoms with Crippen LogP contribution in [-0.2, 0) is 19.3 Å². The fourth-order valence-corrected chi connectivity index (χ4v) is 3.08. The molecular weight excluding hydrogens is 398 g/mol. The molecular formula is C22H21F4N3O. The van der Waals surface area contributed by atoms with Crippen molar-refractivity contribution < 1.29 is 22.4 Å². The molecule has 0 spiro atoms. The quantitative estimate of drug-likeness (QED) is 0.519. The lowest BCUT2D eigenvalue weighted by atomic mass is 10.1. The number of aromatic nitrogens is 2. The van der Waals surface area contributed by atoms with Crippen molar-refractivity contribution in [1.82, 2.24) is 14.5 Å². The summed E-state index contributed by atoms with van der Waals surface area (Å²) in [5, 5.41) is 0. The van der Waals surface area contributed by atoms with Gasteiger partial charge in [0.2, 0.25) is 0 Å². The zero-order valence-corrected chi connectivity index (χ0v) is 16.5. The van der Waals surface area contributed by atoms with Gasteiger partial charge in [-0.05, 0) is 55.8 Å². The summed E-state index contributed by atoms with van der Waals surface area (Å²) in [6, 6.07) is 10.2. The molecule has 0 saturated heterocycles. The van der Waals surface area contributed by atoms with Gasteiger partial charge in [0, 0.05) is 30.5 Å². The van der Waals surface area contributed by atoms with E-state index >= 15 is 0 Å². The van der Waals surface area contributed by atoms with Gasteiger partial charge >= 0.3 is 6.18 Å². The van der Waals surface area contributed by atoms with E-state index in [4.69, 9.17) is 0 Å². The summed E-state index contributed by atoms with van der Waals surface area (Å²) in [6.07, 6.45) is -1.20. The maximum atomic E-state index is 13.2. The van der Waals surface area contributed by atoms with Crippen molar-refractivity contribution in [1.29, 1.82) is 0 Å². The van der Waals surface area contributed by atoms with Crippen LogP contribution in [-0.4, -0.2) is 26.4 Å².